The molecular formula is C22H27N3O. The van der Waals surface area contributed by atoms with E-state index in [1.807, 2.05) is 18.2 Å². The Labute approximate surface area is 155 Å². The SMILES string of the molecule is CCC(CC)C(=O)NCc1nc2ccccc2n1Cc1cccc(C)c1. The Morgan fingerprint density at radius 2 is 1.88 bits per heavy atom. The van der Waals surface area contributed by atoms with Crippen molar-refractivity contribution in [2.24, 2.45) is 5.92 Å². The number of nitrogens with one attached hydrogen (secondary N) is 1. The zero-order valence-electron chi connectivity index (χ0n) is 15.8. The number of hydrogen-bond donors (Lipinski definition) is 1. The largest absolute Gasteiger partial charge is 0.349 e. The van der Waals surface area contributed by atoms with Gasteiger partial charge in [-0.25, -0.2) is 4.98 Å². The van der Waals surface area contributed by atoms with E-state index in [9.17, 15) is 4.79 Å². The van der Waals surface area contributed by atoms with Crippen molar-refractivity contribution in [1.29, 1.82) is 0 Å². The normalized spacial score (nSPS) is 11.2. The van der Waals surface area contributed by atoms with Crippen LogP contribution in [-0.4, -0.2) is 15.5 Å². The zero-order chi connectivity index (χ0) is 18.5. The number of aromatic nitrogens is 2. The van der Waals surface area contributed by atoms with Crippen LogP contribution in [0.3, 0.4) is 0 Å². The summed E-state index contributed by atoms with van der Waals surface area (Å²) in [4.78, 5) is 17.1. The summed E-state index contributed by atoms with van der Waals surface area (Å²) in [7, 11) is 0. The van der Waals surface area contributed by atoms with Crippen LogP contribution in [0.15, 0.2) is 48.5 Å². The molecule has 0 fully saturated rings. The fourth-order valence-electron chi connectivity index (χ4n) is 3.40. The standard InChI is InChI=1S/C22H27N3O/c1-4-18(5-2)22(26)23-14-21-24-19-11-6-7-12-20(19)25(21)15-17-10-8-9-16(3)13-17/h6-13,18H,4-5,14-15H2,1-3H3,(H,23,26). The Kier molecular flexibility index (Phi) is 5.71. The molecule has 4 nitrogen and oxygen atoms in total. The molecule has 0 unspecified atom stereocenters. The molecule has 0 aliphatic carbocycles. The Morgan fingerprint density at radius 3 is 2.62 bits per heavy atom. The second-order valence-corrected chi connectivity index (χ2v) is 6.82. The van der Waals surface area contributed by atoms with Gasteiger partial charge in [-0.05, 0) is 37.5 Å². The van der Waals surface area contributed by atoms with Gasteiger partial charge in [0.2, 0.25) is 5.91 Å². The monoisotopic (exact) mass is 349 g/mol. The number of para-hydroxylation sites is 2. The van der Waals surface area contributed by atoms with Gasteiger partial charge in [0, 0.05) is 12.5 Å². The van der Waals surface area contributed by atoms with Crippen LogP contribution >= 0.6 is 0 Å². The number of benzene rings is 2. The lowest BCUT2D eigenvalue weighted by atomic mass is 10.0. The lowest BCUT2D eigenvalue weighted by Gasteiger charge is -2.14. The fraction of sp³-hybridized carbons (Fsp3) is 0.364. The molecule has 26 heavy (non-hydrogen) atoms. The average Bonchev–Trinajstić information content (AvgIpc) is 2.99. The summed E-state index contributed by atoms with van der Waals surface area (Å²) >= 11 is 0. The first-order chi connectivity index (χ1) is 12.6. The van der Waals surface area contributed by atoms with Gasteiger partial charge in [-0.15, -0.1) is 0 Å². The van der Waals surface area contributed by atoms with Gasteiger partial charge in [0.1, 0.15) is 5.82 Å². The molecule has 3 aromatic rings. The molecule has 1 N–H and O–H groups in total. The molecule has 4 heteroatoms. The molecule has 1 aromatic heterocycles. The van der Waals surface area contributed by atoms with Crippen molar-refractivity contribution in [2.75, 3.05) is 0 Å². The summed E-state index contributed by atoms with van der Waals surface area (Å²) in [6, 6.07) is 16.7. The second kappa shape index (κ2) is 8.17. The summed E-state index contributed by atoms with van der Waals surface area (Å²) in [5, 5.41) is 3.08. The van der Waals surface area contributed by atoms with Gasteiger partial charge >= 0.3 is 0 Å². The second-order valence-electron chi connectivity index (χ2n) is 6.82. The van der Waals surface area contributed by atoms with Crippen molar-refractivity contribution in [3.63, 3.8) is 0 Å². The van der Waals surface area contributed by atoms with E-state index in [1.54, 1.807) is 0 Å². The van der Waals surface area contributed by atoms with Crippen molar-refractivity contribution in [1.82, 2.24) is 14.9 Å². The number of fused-ring (bicyclic) bond motifs is 1. The topological polar surface area (TPSA) is 46.9 Å². The summed E-state index contributed by atoms with van der Waals surface area (Å²) in [6.07, 6.45) is 1.73. The molecule has 0 saturated heterocycles. The summed E-state index contributed by atoms with van der Waals surface area (Å²) in [6.45, 7) is 7.42. The van der Waals surface area contributed by atoms with E-state index in [0.717, 1.165) is 36.2 Å². The molecule has 0 spiro atoms. The first kappa shape index (κ1) is 18.2. The van der Waals surface area contributed by atoms with Gasteiger partial charge in [0.25, 0.3) is 0 Å². The number of aryl methyl sites for hydroxylation is 1. The summed E-state index contributed by atoms with van der Waals surface area (Å²) in [5.41, 5.74) is 4.55. The number of hydrogen-bond acceptors (Lipinski definition) is 2. The molecule has 0 saturated carbocycles. The highest BCUT2D eigenvalue weighted by Gasteiger charge is 2.16. The minimum atomic E-state index is 0.0737. The van der Waals surface area contributed by atoms with E-state index >= 15 is 0 Å². The molecule has 136 valence electrons. The van der Waals surface area contributed by atoms with E-state index < -0.39 is 0 Å². The molecule has 0 aliphatic rings. The van der Waals surface area contributed by atoms with Crippen LogP contribution in [0.2, 0.25) is 0 Å². The fourth-order valence-corrected chi connectivity index (χ4v) is 3.40. The maximum atomic E-state index is 12.4. The predicted octanol–water partition coefficient (Wildman–Crippen LogP) is 4.45. The quantitative estimate of drug-likeness (QED) is 0.685. The minimum absolute atomic E-state index is 0.0737. The van der Waals surface area contributed by atoms with Gasteiger partial charge in [-0.1, -0.05) is 55.8 Å². The van der Waals surface area contributed by atoms with Gasteiger partial charge < -0.3 is 9.88 Å². The molecule has 1 heterocycles. The lowest BCUT2D eigenvalue weighted by molar-refractivity contribution is -0.125. The highest BCUT2D eigenvalue weighted by molar-refractivity contribution is 5.79. The van der Waals surface area contributed by atoms with Crippen molar-refractivity contribution in [3.05, 3.63) is 65.5 Å². The van der Waals surface area contributed by atoms with Crippen LogP contribution in [0.1, 0.15) is 43.6 Å². The first-order valence-electron chi connectivity index (χ1n) is 9.39. The molecule has 0 atom stereocenters. The van der Waals surface area contributed by atoms with E-state index in [1.165, 1.54) is 11.1 Å². The van der Waals surface area contributed by atoms with Crippen LogP contribution in [0.4, 0.5) is 0 Å². The van der Waals surface area contributed by atoms with Gasteiger partial charge in [0.15, 0.2) is 0 Å². The Hall–Kier alpha value is -2.62. The van der Waals surface area contributed by atoms with Gasteiger partial charge in [0.05, 0.1) is 17.6 Å². The van der Waals surface area contributed by atoms with E-state index in [-0.39, 0.29) is 11.8 Å². The highest BCUT2D eigenvalue weighted by Crippen LogP contribution is 2.19. The third-order valence-corrected chi connectivity index (χ3v) is 4.93. The third-order valence-electron chi connectivity index (χ3n) is 4.93. The number of imidazole rings is 1. The molecule has 2 aromatic carbocycles. The third kappa shape index (κ3) is 3.96. The van der Waals surface area contributed by atoms with Gasteiger partial charge in [-0.3, -0.25) is 4.79 Å². The number of rotatable bonds is 7. The number of nitrogens with zero attached hydrogens (tertiary/aromatic N) is 2. The number of carbonyl (C=O) groups excluding carboxylic acids is 1. The predicted molar refractivity (Wildman–Crippen MR) is 106 cm³/mol. The summed E-state index contributed by atoms with van der Waals surface area (Å²) in [5.74, 6) is 1.08. The van der Waals surface area contributed by atoms with Crippen LogP contribution < -0.4 is 5.32 Å². The van der Waals surface area contributed by atoms with Crippen LogP contribution in [0.5, 0.6) is 0 Å². The van der Waals surface area contributed by atoms with E-state index in [4.69, 9.17) is 4.98 Å². The van der Waals surface area contributed by atoms with Crippen molar-refractivity contribution < 1.29 is 4.79 Å². The van der Waals surface area contributed by atoms with Gasteiger partial charge in [-0.2, -0.15) is 0 Å². The van der Waals surface area contributed by atoms with Crippen LogP contribution in [-0.2, 0) is 17.9 Å². The average molecular weight is 349 g/mol. The maximum Gasteiger partial charge on any atom is 0.223 e. The lowest BCUT2D eigenvalue weighted by Crippen LogP contribution is -2.30. The molecule has 3 rings (SSSR count). The van der Waals surface area contributed by atoms with Crippen LogP contribution in [0, 0.1) is 12.8 Å². The molecule has 1 amide bonds. The Morgan fingerprint density at radius 1 is 1.12 bits per heavy atom. The maximum absolute atomic E-state index is 12.4. The van der Waals surface area contributed by atoms with Crippen molar-refractivity contribution in [3.8, 4) is 0 Å². The van der Waals surface area contributed by atoms with E-state index in [0.29, 0.717) is 6.54 Å². The Bertz CT molecular complexity index is 893. The zero-order valence-corrected chi connectivity index (χ0v) is 15.8. The smallest absolute Gasteiger partial charge is 0.223 e. The molecule has 0 aliphatic heterocycles. The number of amides is 1. The Balaban J connectivity index is 1.88. The first-order valence-corrected chi connectivity index (χ1v) is 9.39. The van der Waals surface area contributed by atoms with E-state index in [2.05, 4.69) is 61.0 Å². The highest BCUT2D eigenvalue weighted by atomic mass is 16.1. The molecule has 0 radical (unpaired) electrons. The minimum Gasteiger partial charge on any atom is -0.349 e. The van der Waals surface area contributed by atoms with Crippen LogP contribution in [0.25, 0.3) is 11.0 Å². The molecular weight excluding hydrogens is 322 g/mol. The summed E-state index contributed by atoms with van der Waals surface area (Å²) < 4.78 is 2.21. The van der Waals surface area contributed by atoms with Crippen molar-refractivity contribution >= 4 is 16.9 Å². The number of carbonyl (C=O) groups is 1. The van der Waals surface area contributed by atoms with Crippen molar-refractivity contribution in [2.45, 2.75) is 46.7 Å². The molecule has 0 bridgehead atoms.